The second-order valence-electron chi connectivity index (χ2n) is 2.97. The van der Waals surface area contributed by atoms with E-state index in [1.54, 1.807) is 0 Å². The van der Waals surface area contributed by atoms with Gasteiger partial charge in [-0.25, -0.2) is 0 Å². The van der Waals surface area contributed by atoms with Gasteiger partial charge >= 0.3 is 0 Å². The molecule has 3 aliphatic rings. The van der Waals surface area contributed by atoms with Gasteiger partial charge in [-0.3, -0.25) is 0 Å². The van der Waals surface area contributed by atoms with Gasteiger partial charge < -0.3 is 0 Å². The van der Waals surface area contributed by atoms with Crippen LogP contribution in [0.15, 0.2) is 23.8 Å². The Morgan fingerprint density at radius 1 is 1.40 bits per heavy atom. The van der Waals surface area contributed by atoms with Crippen LogP contribution in [0.5, 0.6) is 0 Å². The van der Waals surface area contributed by atoms with Crippen LogP contribution in [0.3, 0.4) is 0 Å². The van der Waals surface area contributed by atoms with E-state index in [9.17, 15) is 0 Å². The summed E-state index contributed by atoms with van der Waals surface area (Å²) in [6.07, 6.45) is 8.92. The fourth-order valence-corrected chi connectivity index (χ4v) is 1.71. The van der Waals surface area contributed by atoms with Crippen LogP contribution in [0.25, 0.3) is 0 Å². The van der Waals surface area contributed by atoms with E-state index in [1.807, 2.05) is 0 Å². The molecule has 3 rings (SSSR count). The first kappa shape index (κ1) is 5.73. The maximum absolute atomic E-state index is 8.66. The lowest BCUT2D eigenvalue weighted by atomic mass is 9.77. The van der Waals surface area contributed by atoms with E-state index < -0.39 is 0 Å². The molecule has 0 aromatic rings. The molecule has 0 heterocycles. The number of fused-ring (bicyclic) bond motifs is 1. The van der Waals surface area contributed by atoms with Gasteiger partial charge in [0, 0.05) is 11.5 Å². The molecule has 2 atom stereocenters. The minimum absolute atomic E-state index is 0.454. The fourth-order valence-electron chi connectivity index (χ4n) is 1.71. The van der Waals surface area contributed by atoms with Crippen molar-refractivity contribution in [1.29, 1.82) is 5.26 Å². The number of allylic oxidation sites excluding steroid dienone is 4. The molecule has 0 saturated carbocycles. The molecule has 0 unspecified atom stereocenters. The van der Waals surface area contributed by atoms with Crippen LogP contribution in [0.2, 0.25) is 0 Å². The van der Waals surface area contributed by atoms with Crippen molar-refractivity contribution in [2.45, 2.75) is 12.8 Å². The second kappa shape index (κ2) is 1.98. The van der Waals surface area contributed by atoms with Gasteiger partial charge in [-0.2, -0.15) is 5.26 Å². The Morgan fingerprint density at radius 2 is 2.30 bits per heavy atom. The van der Waals surface area contributed by atoms with E-state index >= 15 is 0 Å². The summed E-state index contributed by atoms with van der Waals surface area (Å²) in [5.41, 5.74) is 0.985. The number of hydrogen-bond donors (Lipinski definition) is 0. The minimum atomic E-state index is 0.454. The highest BCUT2D eigenvalue weighted by atomic mass is 14.3. The highest BCUT2D eigenvalue weighted by molar-refractivity contribution is 5.35. The van der Waals surface area contributed by atoms with Gasteiger partial charge in [0.05, 0.1) is 6.07 Å². The van der Waals surface area contributed by atoms with Crippen molar-refractivity contribution >= 4 is 0 Å². The predicted octanol–water partition coefficient (Wildman–Crippen LogP) is 2.03. The Balaban J connectivity index is 2.35. The smallest absolute Gasteiger partial charge is 0.0950 e. The van der Waals surface area contributed by atoms with Crippen molar-refractivity contribution in [2.75, 3.05) is 0 Å². The molecule has 0 amide bonds. The summed E-state index contributed by atoms with van der Waals surface area (Å²) in [4.78, 5) is 0. The molecule has 2 bridgehead atoms. The Labute approximate surface area is 60.7 Å². The summed E-state index contributed by atoms with van der Waals surface area (Å²) in [5.74, 6) is 1.02. The van der Waals surface area contributed by atoms with Crippen molar-refractivity contribution in [3.63, 3.8) is 0 Å². The summed E-state index contributed by atoms with van der Waals surface area (Å²) in [6.45, 7) is 0. The van der Waals surface area contributed by atoms with E-state index in [0.29, 0.717) is 11.8 Å². The molecule has 0 fully saturated rings. The van der Waals surface area contributed by atoms with E-state index in [4.69, 9.17) is 5.26 Å². The number of nitrogens with zero attached hydrogens (tertiary/aromatic N) is 1. The summed E-state index contributed by atoms with van der Waals surface area (Å²) < 4.78 is 0. The van der Waals surface area contributed by atoms with Crippen molar-refractivity contribution in [1.82, 2.24) is 0 Å². The highest BCUT2D eigenvalue weighted by Crippen LogP contribution is 2.34. The quantitative estimate of drug-likeness (QED) is 0.461. The summed E-state index contributed by atoms with van der Waals surface area (Å²) in [6, 6.07) is 2.25. The van der Waals surface area contributed by atoms with Gasteiger partial charge in [0.25, 0.3) is 0 Å². The van der Waals surface area contributed by atoms with Gasteiger partial charge in [-0.15, -0.1) is 0 Å². The Bertz CT molecular complexity index is 242. The molecule has 3 aliphatic carbocycles. The molecule has 0 saturated heterocycles. The first-order valence-electron chi connectivity index (χ1n) is 3.70. The zero-order valence-corrected chi connectivity index (χ0v) is 5.75. The van der Waals surface area contributed by atoms with E-state index in [-0.39, 0.29) is 0 Å². The average Bonchev–Trinajstić information content (AvgIpc) is 2.06. The molecule has 0 aliphatic heterocycles. The third-order valence-electron chi connectivity index (χ3n) is 2.32. The lowest BCUT2D eigenvalue weighted by Gasteiger charge is -2.26. The lowest BCUT2D eigenvalue weighted by molar-refractivity contribution is 0.515. The van der Waals surface area contributed by atoms with Crippen LogP contribution >= 0.6 is 0 Å². The van der Waals surface area contributed by atoms with Gasteiger partial charge in [-0.1, -0.05) is 18.2 Å². The molecule has 1 nitrogen and oxygen atoms in total. The number of nitriles is 1. The summed E-state index contributed by atoms with van der Waals surface area (Å²) >= 11 is 0. The van der Waals surface area contributed by atoms with Gasteiger partial charge in [0.2, 0.25) is 0 Å². The third kappa shape index (κ3) is 0.690. The zero-order chi connectivity index (χ0) is 6.97. The maximum atomic E-state index is 8.66. The molecule has 0 radical (unpaired) electrons. The number of hydrogen-bond acceptors (Lipinski definition) is 1. The fraction of sp³-hybridized carbons (Fsp3) is 0.444. The van der Waals surface area contributed by atoms with Crippen molar-refractivity contribution in [3.05, 3.63) is 23.8 Å². The average molecular weight is 131 g/mol. The van der Waals surface area contributed by atoms with Gasteiger partial charge in [-0.05, 0) is 18.8 Å². The van der Waals surface area contributed by atoms with Crippen LogP contribution in [-0.2, 0) is 0 Å². The van der Waals surface area contributed by atoms with Crippen LogP contribution < -0.4 is 0 Å². The first-order chi connectivity index (χ1) is 4.90. The van der Waals surface area contributed by atoms with Crippen molar-refractivity contribution < 1.29 is 0 Å². The van der Waals surface area contributed by atoms with Crippen molar-refractivity contribution in [2.24, 2.45) is 11.8 Å². The summed E-state index contributed by atoms with van der Waals surface area (Å²) in [5, 5.41) is 8.66. The Morgan fingerprint density at radius 3 is 2.60 bits per heavy atom. The van der Waals surface area contributed by atoms with Crippen LogP contribution in [-0.4, -0.2) is 0 Å². The number of rotatable bonds is 0. The lowest BCUT2D eigenvalue weighted by Crippen LogP contribution is -2.15. The van der Waals surface area contributed by atoms with Crippen LogP contribution in [0, 0.1) is 23.2 Å². The molecule has 1 heteroatoms. The normalized spacial score (nSPS) is 35.3. The summed E-state index contributed by atoms with van der Waals surface area (Å²) in [7, 11) is 0. The molecule has 10 heavy (non-hydrogen) atoms. The minimum Gasteiger partial charge on any atom is -0.193 e. The maximum Gasteiger partial charge on any atom is 0.0950 e. The monoisotopic (exact) mass is 131 g/mol. The highest BCUT2D eigenvalue weighted by Gasteiger charge is 2.23. The predicted molar refractivity (Wildman–Crippen MR) is 39.1 cm³/mol. The molecular formula is C9H9N. The van der Waals surface area contributed by atoms with E-state index in [2.05, 4.69) is 24.3 Å². The SMILES string of the molecule is N#CC1=C[C@H]2C=C[C@@H]1CC2. The second-order valence-corrected chi connectivity index (χ2v) is 2.97. The topological polar surface area (TPSA) is 23.8 Å². The van der Waals surface area contributed by atoms with E-state index in [1.165, 1.54) is 12.8 Å². The van der Waals surface area contributed by atoms with Crippen LogP contribution in [0.4, 0.5) is 0 Å². The Hall–Kier alpha value is -1.03. The van der Waals surface area contributed by atoms with Gasteiger partial charge in [0.1, 0.15) is 0 Å². The molecule has 0 spiro atoms. The Kier molecular flexibility index (Phi) is 1.14. The third-order valence-corrected chi connectivity index (χ3v) is 2.32. The van der Waals surface area contributed by atoms with Gasteiger partial charge in [0.15, 0.2) is 0 Å². The van der Waals surface area contributed by atoms with Crippen LogP contribution in [0.1, 0.15) is 12.8 Å². The largest absolute Gasteiger partial charge is 0.193 e. The zero-order valence-electron chi connectivity index (χ0n) is 5.75. The van der Waals surface area contributed by atoms with Crippen molar-refractivity contribution in [3.8, 4) is 6.07 Å². The van der Waals surface area contributed by atoms with E-state index in [0.717, 1.165) is 5.57 Å². The first-order valence-corrected chi connectivity index (χ1v) is 3.70. The molecule has 0 aromatic heterocycles. The standard InChI is InChI=1S/C9H9N/c10-6-9-5-7-1-3-8(9)4-2-7/h1,3,5,7-8H,2,4H2/t7-,8+/m0/s1. The molecular weight excluding hydrogens is 122 g/mol. The molecule has 0 aromatic carbocycles. The molecule has 50 valence electrons. The molecule has 0 N–H and O–H groups in total.